The number of nitrogens with zero attached hydrogens (tertiary/aromatic N) is 4. The molecule has 26 heavy (non-hydrogen) atoms. The van der Waals surface area contributed by atoms with Crippen molar-refractivity contribution >= 4 is 12.2 Å². The fraction of sp³-hybridized carbons (Fsp3) is 0.316. The second kappa shape index (κ2) is 6.17. The predicted octanol–water partition coefficient (Wildman–Crippen LogP) is 3.52. The summed E-state index contributed by atoms with van der Waals surface area (Å²) in [5, 5.41) is 8.55. The lowest BCUT2D eigenvalue weighted by Crippen LogP contribution is -2.44. The van der Waals surface area contributed by atoms with Crippen LogP contribution in [0.3, 0.4) is 0 Å². The van der Waals surface area contributed by atoms with Crippen molar-refractivity contribution in [2.75, 3.05) is 0 Å². The van der Waals surface area contributed by atoms with E-state index in [-0.39, 0.29) is 5.82 Å². The van der Waals surface area contributed by atoms with Crippen LogP contribution in [0.15, 0.2) is 28.8 Å². The summed E-state index contributed by atoms with van der Waals surface area (Å²) >= 11 is 0. The Morgan fingerprint density at radius 1 is 1.19 bits per heavy atom. The number of rotatable bonds is 4. The Hall–Kier alpha value is -2.80. The molecule has 1 fully saturated rings. The fourth-order valence-electron chi connectivity index (χ4n) is 3.17. The van der Waals surface area contributed by atoms with Crippen molar-refractivity contribution in [1.29, 1.82) is 0 Å². The molecule has 0 saturated heterocycles. The summed E-state index contributed by atoms with van der Waals surface area (Å²) in [6.45, 7) is 3.89. The van der Waals surface area contributed by atoms with E-state index in [0.29, 0.717) is 11.7 Å². The van der Waals surface area contributed by atoms with Gasteiger partial charge in [-0.2, -0.15) is 10.1 Å². The van der Waals surface area contributed by atoms with Crippen molar-refractivity contribution < 1.29 is 8.91 Å². The molecule has 0 radical (unpaired) electrons. The Morgan fingerprint density at radius 3 is 2.58 bits per heavy atom. The zero-order valence-corrected chi connectivity index (χ0v) is 14.7. The third kappa shape index (κ3) is 2.84. The van der Waals surface area contributed by atoms with Crippen LogP contribution < -0.4 is 5.73 Å². The molecule has 0 aliphatic heterocycles. The first-order valence-electron chi connectivity index (χ1n) is 8.60. The minimum absolute atomic E-state index is 0.272. The van der Waals surface area contributed by atoms with Gasteiger partial charge in [-0.1, -0.05) is 5.16 Å². The largest absolute Gasteiger partial charge is 0.335 e. The normalized spacial score (nSPS) is 16.2. The molecule has 2 N–H and O–H groups in total. The number of hydrogen-bond acceptors (Lipinski definition) is 5. The van der Waals surface area contributed by atoms with Crippen LogP contribution in [0.25, 0.3) is 17.8 Å². The molecule has 0 unspecified atom stereocenters. The Kier molecular flexibility index (Phi) is 3.96. The topological polar surface area (TPSA) is 82.8 Å². The molecular formula is C19H20FN5O. The fourth-order valence-corrected chi connectivity index (χ4v) is 3.17. The van der Waals surface area contributed by atoms with E-state index in [0.717, 1.165) is 41.9 Å². The summed E-state index contributed by atoms with van der Waals surface area (Å²) in [7, 11) is 0. The Balaban J connectivity index is 1.60. The molecule has 4 rings (SSSR count). The molecule has 7 heteroatoms. The summed E-state index contributed by atoms with van der Waals surface area (Å²) in [6.07, 6.45) is 6.54. The molecule has 134 valence electrons. The lowest BCUT2D eigenvalue weighted by molar-refractivity contribution is 0.229. The summed E-state index contributed by atoms with van der Waals surface area (Å²) in [5.74, 6) is 0.718. The van der Waals surface area contributed by atoms with Gasteiger partial charge in [-0.05, 0) is 63.5 Å². The number of aryl methyl sites for hydroxylation is 1. The zero-order chi connectivity index (χ0) is 18.3. The molecule has 0 bridgehead atoms. The molecule has 3 aromatic rings. The van der Waals surface area contributed by atoms with Gasteiger partial charge in [0.25, 0.3) is 5.89 Å². The van der Waals surface area contributed by atoms with Crippen LogP contribution >= 0.6 is 0 Å². The summed E-state index contributed by atoms with van der Waals surface area (Å²) in [5.41, 5.74) is 9.35. The van der Waals surface area contributed by atoms with Crippen LogP contribution in [0.5, 0.6) is 0 Å². The van der Waals surface area contributed by atoms with Gasteiger partial charge in [0.15, 0.2) is 5.82 Å². The lowest BCUT2D eigenvalue weighted by Gasteiger charge is -2.34. The van der Waals surface area contributed by atoms with E-state index in [1.54, 1.807) is 22.9 Å². The van der Waals surface area contributed by atoms with Crippen molar-refractivity contribution in [3.63, 3.8) is 0 Å². The molecule has 0 atom stereocenters. The van der Waals surface area contributed by atoms with E-state index < -0.39 is 5.54 Å². The van der Waals surface area contributed by atoms with Gasteiger partial charge in [0.2, 0.25) is 0 Å². The standard InChI is InChI=1S/C19H20FN5O/c1-12-16(13(2)25(23-12)15-6-4-14(20)5-7-15)8-9-17-22-18(24-26-17)19(21)10-3-11-19/h4-9H,3,10-11,21H2,1-2H3/b9-8+. The molecule has 2 heterocycles. The van der Waals surface area contributed by atoms with Crippen molar-refractivity contribution in [2.24, 2.45) is 5.73 Å². The smallest absolute Gasteiger partial charge is 0.250 e. The summed E-state index contributed by atoms with van der Waals surface area (Å²) < 4.78 is 20.2. The molecule has 1 saturated carbocycles. The van der Waals surface area contributed by atoms with Crippen LogP contribution in [-0.4, -0.2) is 19.9 Å². The number of nitrogens with two attached hydrogens (primary N) is 1. The zero-order valence-electron chi connectivity index (χ0n) is 14.7. The Morgan fingerprint density at radius 2 is 1.92 bits per heavy atom. The van der Waals surface area contributed by atoms with Gasteiger partial charge in [0.1, 0.15) is 5.82 Å². The highest BCUT2D eigenvalue weighted by Gasteiger charge is 2.38. The second-order valence-electron chi connectivity index (χ2n) is 6.77. The van der Waals surface area contributed by atoms with E-state index in [1.165, 1.54) is 12.1 Å². The van der Waals surface area contributed by atoms with E-state index >= 15 is 0 Å². The van der Waals surface area contributed by atoms with Gasteiger partial charge in [-0.25, -0.2) is 9.07 Å². The molecular weight excluding hydrogens is 333 g/mol. The van der Waals surface area contributed by atoms with Crippen LogP contribution in [0, 0.1) is 19.7 Å². The molecule has 2 aromatic heterocycles. The van der Waals surface area contributed by atoms with Crippen molar-refractivity contribution in [1.82, 2.24) is 19.9 Å². The monoisotopic (exact) mass is 353 g/mol. The van der Waals surface area contributed by atoms with Gasteiger partial charge < -0.3 is 10.3 Å². The third-order valence-corrected chi connectivity index (χ3v) is 4.94. The molecule has 0 amide bonds. The average molecular weight is 353 g/mol. The molecule has 6 nitrogen and oxygen atoms in total. The highest BCUT2D eigenvalue weighted by molar-refractivity contribution is 5.69. The first kappa shape index (κ1) is 16.7. The summed E-state index contributed by atoms with van der Waals surface area (Å²) in [6, 6.07) is 6.24. The maximum absolute atomic E-state index is 13.1. The highest BCUT2D eigenvalue weighted by atomic mass is 19.1. The van der Waals surface area contributed by atoms with Crippen molar-refractivity contribution in [3.8, 4) is 5.69 Å². The first-order valence-corrected chi connectivity index (χ1v) is 8.60. The maximum atomic E-state index is 13.1. The van der Waals surface area contributed by atoms with Gasteiger partial charge in [-0.3, -0.25) is 0 Å². The molecule has 0 spiro atoms. The lowest BCUT2D eigenvalue weighted by atomic mass is 9.77. The highest BCUT2D eigenvalue weighted by Crippen LogP contribution is 2.37. The number of aromatic nitrogens is 4. The van der Waals surface area contributed by atoms with Gasteiger partial charge in [0, 0.05) is 17.3 Å². The second-order valence-corrected chi connectivity index (χ2v) is 6.77. The van der Waals surface area contributed by atoms with Crippen LogP contribution in [-0.2, 0) is 5.54 Å². The van der Waals surface area contributed by atoms with Gasteiger partial charge >= 0.3 is 0 Å². The van der Waals surface area contributed by atoms with E-state index in [2.05, 4.69) is 15.2 Å². The Bertz CT molecular complexity index is 966. The predicted molar refractivity (Wildman–Crippen MR) is 95.9 cm³/mol. The number of halogens is 1. The van der Waals surface area contributed by atoms with E-state index in [1.807, 2.05) is 19.9 Å². The first-order chi connectivity index (χ1) is 12.5. The molecule has 1 aliphatic carbocycles. The number of benzene rings is 1. The minimum atomic E-state index is -0.436. The van der Waals surface area contributed by atoms with Gasteiger partial charge in [0.05, 0.1) is 16.9 Å². The van der Waals surface area contributed by atoms with Crippen LogP contribution in [0.1, 0.15) is 47.9 Å². The average Bonchev–Trinajstić information content (AvgIpc) is 3.17. The number of hydrogen-bond donors (Lipinski definition) is 1. The third-order valence-electron chi connectivity index (χ3n) is 4.94. The van der Waals surface area contributed by atoms with Crippen LogP contribution in [0.2, 0.25) is 0 Å². The SMILES string of the molecule is Cc1nn(-c2ccc(F)cc2)c(C)c1/C=C/c1nc(C2(N)CCC2)no1. The molecule has 1 aromatic carbocycles. The summed E-state index contributed by atoms with van der Waals surface area (Å²) in [4.78, 5) is 4.39. The van der Waals surface area contributed by atoms with E-state index in [9.17, 15) is 4.39 Å². The quantitative estimate of drug-likeness (QED) is 0.776. The van der Waals surface area contributed by atoms with Crippen molar-refractivity contribution in [3.05, 3.63) is 58.7 Å². The van der Waals surface area contributed by atoms with Gasteiger partial charge in [-0.15, -0.1) is 0 Å². The van der Waals surface area contributed by atoms with Crippen molar-refractivity contribution in [2.45, 2.75) is 38.6 Å². The molecule has 1 aliphatic rings. The maximum Gasteiger partial charge on any atom is 0.250 e. The Labute approximate surface area is 150 Å². The van der Waals surface area contributed by atoms with E-state index in [4.69, 9.17) is 10.3 Å². The minimum Gasteiger partial charge on any atom is -0.335 e. The van der Waals surface area contributed by atoms with Crippen LogP contribution in [0.4, 0.5) is 4.39 Å².